The van der Waals surface area contributed by atoms with Crippen molar-refractivity contribution >= 4 is 25.4 Å². The molecule has 2 rings (SSSR count). The molecule has 21 heavy (non-hydrogen) atoms. The number of benzene rings is 1. The highest BCUT2D eigenvalue weighted by molar-refractivity contribution is 8.13. The van der Waals surface area contributed by atoms with Crippen molar-refractivity contribution in [2.75, 3.05) is 0 Å². The predicted molar refractivity (Wildman–Crippen MR) is 72.2 cm³/mol. The monoisotopic (exact) mass is 333 g/mol. The Balaban J connectivity index is 2.33. The summed E-state index contributed by atoms with van der Waals surface area (Å²) in [5.74, 6) is -0.589. The van der Waals surface area contributed by atoms with Crippen LogP contribution < -0.4 is 0 Å². The summed E-state index contributed by atoms with van der Waals surface area (Å²) in [6, 6.07) is 3.46. The Labute approximate surface area is 123 Å². The van der Waals surface area contributed by atoms with E-state index in [1.807, 2.05) is 0 Å². The molecule has 0 atom stereocenters. The van der Waals surface area contributed by atoms with Gasteiger partial charge >= 0.3 is 5.69 Å². The first-order valence-electron chi connectivity index (χ1n) is 5.60. The third kappa shape index (κ3) is 3.37. The number of aryl methyl sites for hydroxylation is 1. The Kier molecular flexibility index (Phi) is 3.97. The highest BCUT2D eigenvalue weighted by Gasteiger charge is 2.17. The molecule has 1 aromatic heterocycles. The summed E-state index contributed by atoms with van der Waals surface area (Å²) in [7, 11) is 1.24. The van der Waals surface area contributed by atoms with Gasteiger partial charge in [-0.15, -0.1) is 0 Å². The fraction of sp³-hybridized carbons (Fsp3) is 0.182. The van der Waals surface area contributed by atoms with Crippen molar-refractivity contribution < 1.29 is 17.7 Å². The third-order valence-corrected chi connectivity index (χ3v) is 3.94. The quantitative estimate of drug-likeness (QED) is 0.485. The molecule has 0 fully saturated rings. The number of hydrogen-bond acceptors (Lipinski definition) is 5. The molecule has 0 saturated heterocycles. The molecule has 0 aliphatic rings. The standard InChI is InChI=1S/C11H9ClFN3O4S/c1-7-14-11(21(12,19)20)6-15(7)5-8-2-3-10(16(17)18)9(13)4-8/h2-4,6H,5H2,1H3. The van der Waals surface area contributed by atoms with Crippen molar-refractivity contribution in [2.24, 2.45) is 0 Å². The van der Waals surface area contributed by atoms with E-state index in [4.69, 9.17) is 10.7 Å². The van der Waals surface area contributed by atoms with Crippen LogP contribution in [0.25, 0.3) is 0 Å². The van der Waals surface area contributed by atoms with Gasteiger partial charge in [0.25, 0.3) is 9.05 Å². The van der Waals surface area contributed by atoms with Gasteiger partial charge in [0, 0.05) is 29.5 Å². The molecule has 0 unspecified atom stereocenters. The maximum atomic E-state index is 13.5. The Bertz CT molecular complexity index is 819. The Morgan fingerprint density at radius 2 is 2.14 bits per heavy atom. The molecule has 2 aromatic rings. The minimum Gasteiger partial charge on any atom is -0.329 e. The van der Waals surface area contributed by atoms with Gasteiger partial charge in [-0.05, 0) is 18.6 Å². The highest BCUT2D eigenvalue weighted by Crippen LogP contribution is 2.20. The number of aromatic nitrogens is 2. The van der Waals surface area contributed by atoms with Crippen LogP contribution in [-0.2, 0) is 15.6 Å². The van der Waals surface area contributed by atoms with E-state index in [2.05, 4.69) is 4.98 Å². The van der Waals surface area contributed by atoms with Gasteiger partial charge in [0.05, 0.1) is 4.92 Å². The number of hydrogen-bond donors (Lipinski definition) is 0. The van der Waals surface area contributed by atoms with E-state index in [-0.39, 0.29) is 11.6 Å². The first kappa shape index (κ1) is 15.4. The first-order valence-corrected chi connectivity index (χ1v) is 7.90. The van der Waals surface area contributed by atoms with E-state index in [1.54, 1.807) is 6.92 Å². The highest BCUT2D eigenvalue weighted by atomic mass is 35.7. The average Bonchev–Trinajstić information content (AvgIpc) is 2.70. The molecule has 1 aromatic carbocycles. The Morgan fingerprint density at radius 1 is 1.48 bits per heavy atom. The number of halogens is 2. The zero-order valence-corrected chi connectivity index (χ0v) is 12.2. The van der Waals surface area contributed by atoms with Gasteiger partial charge in [-0.3, -0.25) is 10.1 Å². The minimum atomic E-state index is -3.95. The SMILES string of the molecule is Cc1nc(S(=O)(=O)Cl)cn1Cc1ccc([N+](=O)[O-])c(F)c1. The maximum absolute atomic E-state index is 13.5. The molecule has 0 N–H and O–H groups in total. The van der Waals surface area contributed by atoms with E-state index < -0.39 is 25.5 Å². The van der Waals surface area contributed by atoms with Crippen LogP contribution >= 0.6 is 10.7 Å². The zero-order chi connectivity index (χ0) is 15.8. The molecule has 10 heteroatoms. The van der Waals surface area contributed by atoms with Crippen molar-refractivity contribution in [3.63, 3.8) is 0 Å². The van der Waals surface area contributed by atoms with E-state index in [1.165, 1.54) is 16.8 Å². The number of nitrogens with zero attached hydrogens (tertiary/aromatic N) is 3. The maximum Gasteiger partial charge on any atom is 0.304 e. The Hall–Kier alpha value is -2.00. The largest absolute Gasteiger partial charge is 0.329 e. The molecule has 0 aliphatic carbocycles. The molecule has 1 heterocycles. The second-order valence-corrected chi connectivity index (χ2v) is 6.75. The number of rotatable bonds is 4. The van der Waals surface area contributed by atoms with Crippen molar-refractivity contribution in [1.29, 1.82) is 0 Å². The Morgan fingerprint density at radius 3 is 2.62 bits per heavy atom. The average molecular weight is 334 g/mol. The van der Waals surface area contributed by atoms with Gasteiger partial charge in [0.1, 0.15) is 5.82 Å². The fourth-order valence-corrected chi connectivity index (χ4v) is 2.47. The van der Waals surface area contributed by atoms with Crippen molar-refractivity contribution in [1.82, 2.24) is 9.55 Å². The van der Waals surface area contributed by atoms with Crippen LogP contribution in [-0.4, -0.2) is 22.9 Å². The van der Waals surface area contributed by atoms with Crippen LogP contribution in [0, 0.1) is 22.9 Å². The van der Waals surface area contributed by atoms with Crippen LogP contribution in [0.2, 0.25) is 0 Å². The summed E-state index contributed by atoms with van der Waals surface area (Å²) in [6.45, 7) is 1.67. The molecule has 0 bridgehead atoms. The van der Waals surface area contributed by atoms with E-state index in [0.29, 0.717) is 11.4 Å². The zero-order valence-electron chi connectivity index (χ0n) is 10.7. The van der Waals surface area contributed by atoms with Gasteiger partial charge in [-0.1, -0.05) is 6.07 Å². The van der Waals surface area contributed by atoms with Gasteiger partial charge in [-0.25, -0.2) is 13.4 Å². The van der Waals surface area contributed by atoms with Crippen molar-refractivity contribution in [3.8, 4) is 0 Å². The number of nitro groups is 1. The lowest BCUT2D eigenvalue weighted by Gasteiger charge is -2.05. The van der Waals surface area contributed by atoms with Gasteiger partial charge in [0.2, 0.25) is 5.82 Å². The topological polar surface area (TPSA) is 95.1 Å². The summed E-state index contributed by atoms with van der Waals surface area (Å²) in [5, 5.41) is 10.2. The first-order chi connectivity index (χ1) is 9.68. The third-order valence-electron chi connectivity index (χ3n) is 2.77. The molecule has 0 saturated carbocycles. The molecule has 0 spiro atoms. The van der Waals surface area contributed by atoms with Crippen LogP contribution in [0.1, 0.15) is 11.4 Å². The van der Waals surface area contributed by atoms with Crippen molar-refractivity contribution in [2.45, 2.75) is 18.5 Å². The summed E-state index contributed by atoms with van der Waals surface area (Å²) < 4.78 is 37.3. The minimum absolute atomic E-state index is 0.111. The predicted octanol–water partition coefficient (Wildman–Crippen LogP) is 2.21. The fourth-order valence-electron chi connectivity index (χ4n) is 1.75. The molecule has 0 radical (unpaired) electrons. The van der Waals surface area contributed by atoms with E-state index in [0.717, 1.165) is 12.1 Å². The molecule has 112 valence electrons. The van der Waals surface area contributed by atoms with Gasteiger partial charge in [-0.2, -0.15) is 4.39 Å². The van der Waals surface area contributed by atoms with Gasteiger partial charge < -0.3 is 4.57 Å². The lowest BCUT2D eigenvalue weighted by atomic mass is 10.2. The normalized spacial score (nSPS) is 11.6. The second-order valence-electron chi connectivity index (χ2n) is 4.23. The molecular formula is C11H9ClFN3O4S. The van der Waals surface area contributed by atoms with E-state index >= 15 is 0 Å². The van der Waals surface area contributed by atoms with Crippen molar-refractivity contribution in [3.05, 3.63) is 51.7 Å². The lowest BCUT2D eigenvalue weighted by molar-refractivity contribution is -0.387. The van der Waals surface area contributed by atoms with Crippen LogP contribution in [0.5, 0.6) is 0 Å². The molecule has 0 aliphatic heterocycles. The van der Waals surface area contributed by atoms with Crippen LogP contribution in [0.15, 0.2) is 29.4 Å². The lowest BCUT2D eigenvalue weighted by Crippen LogP contribution is -2.02. The summed E-state index contributed by atoms with van der Waals surface area (Å²) >= 11 is 0. The number of imidazole rings is 1. The summed E-state index contributed by atoms with van der Waals surface area (Å²) in [6.07, 6.45) is 1.22. The summed E-state index contributed by atoms with van der Waals surface area (Å²) in [5.41, 5.74) is -0.192. The second kappa shape index (κ2) is 5.41. The number of nitro benzene ring substituents is 1. The molecular weight excluding hydrogens is 325 g/mol. The van der Waals surface area contributed by atoms with Crippen LogP contribution in [0.3, 0.4) is 0 Å². The van der Waals surface area contributed by atoms with Gasteiger partial charge in [0.15, 0.2) is 5.03 Å². The summed E-state index contributed by atoms with van der Waals surface area (Å²) in [4.78, 5) is 13.5. The van der Waals surface area contributed by atoms with E-state index in [9.17, 15) is 22.9 Å². The molecule has 7 nitrogen and oxygen atoms in total. The molecule has 0 amide bonds. The van der Waals surface area contributed by atoms with Crippen LogP contribution in [0.4, 0.5) is 10.1 Å². The smallest absolute Gasteiger partial charge is 0.304 e.